The average molecular weight is 221 g/mol. The quantitative estimate of drug-likeness (QED) is 0.828. The highest BCUT2D eigenvalue weighted by molar-refractivity contribution is 5.50. The minimum absolute atomic E-state index is 0.371. The molecule has 3 nitrogen and oxygen atoms in total. The molecule has 1 atom stereocenters. The van der Waals surface area contributed by atoms with Gasteiger partial charge in [-0.05, 0) is 18.9 Å². The Morgan fingerprint density at radius 1 is 1.44 bits per heavy atom. The van der Waals surface area contributed by atoms with E-state index in [4.69, 9.17) is 9.47 Å². The molecule has 0 aromatic heterocycles. The van der Waals surface area contributed by atoms with Crippen molar-refractivity contribution in [2.24, 2.45) is 0 Å². The molecule has 1 aliphatic rings. The maximum Gasteiger partial charge on any atom is 0.0748 e. The molecule has 1 unspecified atom stereocenters. The molecule has 88 valence electrons. The molecule has 1 heterocycles. The molecule has 1 aliphatic heterocycles. The van der Waals surface area contributed by atoms with Crippen LogP contribution in [0.15, 0.2) is 24.3 Å². The van der Waals surface area contributed by atoms with Gasteiger partial charge >= 0.3 is 0 Å². The molecule has 1 N–H and O–H groups in total. The average Bonchev–Trinajstić information content (AvgIpc) is 2.81. The van der Waals surface area contributed by atoms with E-state index < -0.39 is 0 Å². The van der Waals surface area contributed by atoms with Crippen molar-refractivity contribution in [1.29, 1.82) is 0 Å². The lowest BCUT2D eigenvalue weighted by Gasteiger charge is -2.14. The zero-order chi connectivity index (χ0) is 11.2. The van der Waals surface area contributed by atoms with Gasteiger partial charge in [-0.1, -0.05) is 18.2 Å². The first-order chi connectivity index (χ1) is 7.90. The van der Waals surface area contributed by atoms with Crippen LogP contribution in [0.4, 0.5) is 5.69 Å². The fraction of sp³-hybridized carbons (Fsp3) is 0.538. The van der Waals surface area contributed by atoms with Gasteiger partial charge in [0.05, 0.1) is 12.7 Å². The van der Waals surface area contributed by atoms with Crippen LogP contribution in [-0.2, 0) is 16.1 Å². The van der Waals surface area contributed by atoms with Gasteiger partial charge in [0.1, 0.15) is 0 Å². The van der Waals surface area contributed by atoms with Crippen molar-refractivity contribution in [3.05, 3.63) is 29.8 Å². The second kappa shape index (κ2) is 5.87. The molecule has 0 saturated carbocycles. The van der Waals surface area contributed by atoms with Gasteiger partial charge < -0.3 is 14.8 Å². The summed E-state index contributed by atoms with van der Waals surface area (Å²) in [6.07, 6.45) is 2.72. The summed E-state index contributed by atoms with van der Waals surface area (Å²) in [6, 6.07) is 8.24. The summed E-state index contributed by atoms with van der Waals surface area (Å²) >= 11 is 0. The van der Waals surface area contributed by atoms with Crippen LogP contribution in [0.2, 0.25) is 0 Å². The van der Waals surface area contributed by atoms with E-state index in [9.17, 15) is 0 Å². The van der Waals surface area contributed by atoms with Gasteiger partial charge in [0.15, 0.2) is 0 Å². The van der Waals surface area contributed by atoms with Crippen LogP contribution in [0.25, 0.3) is 0 Å². The summed E-state index contributed by atoms with van der Waals surface area (Å²) < 4.78 is 10.7. The number of anilines is 1. The molecule has 2 rings (SSSR count). The standard InChI is InChI=1S/C13H19NO2/c1-15-10-11-5-2-3-7-13(11)14-9-12-6-4-8-16-12/h2-3,5,7,12,14H,4,6,8-10H2,1H3. The van der Waals surface area contributed by atoms with Crippen molar-refractivity contribution >= 4 is 5.69 Å². The fourth-order valence-corrected chi connectivity index (χ4v) is 2.00. The summed E-state index contributed by atoms with van der Waals surface area (Å²) in [6.45, 7) is 2.45. The topological polar surface area (TPSA) is 30.5 Å². The van der Waals surface area contributed by atoms with Crippen molar-refractivity contribution in [2.75, 3.05) is 25.6 Å². The predicted molar refractivity (Wildman–Crippen MR) is 64.6 cm³/mol. The number of rotatable bonds is 5. The number of hydrogen-bond donors (Lipinski definition) is 1. The summed E-state index contributed by atoms with van der Waals surface area (Å²) in [4.78, 5) is 0. The van der Waals surface area contributed by atoms with Crippen molar-refractivity contribution < 1.29 is 9.47 Å². The number of benzene rings is 1. The van der Waals surface area contributed by atoms with Crippen LogP contribution in [0.1, 0.15) is 18.4 Å². The van der Waals surface area contributed by atoms with Crippen LogP contribution >= 0.6 is 0 Å². The largest absolute Gasteiger partial charge is 0.382 e. The Morgan fingerprint density at radius 2 is 2.31 bits per heavy atom. The minimum atomic E-state index is 0.371. The highest BCUT2D eigenvalue weighted by atomic mass is 16.5. The number of ether oxygens (including phenoxy) is 2. The molecule has 0 radical (unpaired) electrons. The van der Waals surface area contributed by atoms with Crippen LogP contribution in [0.3, 0.4) is 0 Å². The fourth-order valence-electron chi connectivity index (χ4n) is 2.00. The number of hydrogen-bond acceptors (Lipinski definition) is 3. The zero-order valence-electron chi connectivity index (χ0n) is 9.74. The maximum atomic E-state index is 5.58. The molecule has 0 bridgehead atoms. The zero-order valence-corrected chi connectivity index (χ0v) is 9.74. The first-order valence-electron chi connectivity index (χ1n) is 5.82. The lowest BCUT2D eigenvalue weighted by molar-refractivity contribution is 0.120. The summed E-state index contributed by atoms with van der Waals surface area (Å²) in [5.41, 5.74) is 2.35. The van der Waals surface area contributed by atoms with E-state index >= 15 is 0 Å². The van der Waals surface area contributed by atoms with E-state index in [-0.39, 0.29) is 0 Å². The van der Waals surface area contributed by atoms with Crippen molar-refractivity contribution in [1.82, 2.24) is 0 Å². The second-order valence-corrected chi connectivity index (χ2v) is 4.11. The van der Waals surface area contributed by atoms with Gasteiger partial charge in [-0.25, -0.2) is 0 Å². The Balaban J connectivity index is 1.91. The highest BCUT2D eigenvalue weighted by Crippen LogP contribution is 2.18. The first kappa shape index (κ1) is 11.4. The van der Waals surface area contributed by atoms with Gasteiger partial charge in [-0.3, -0.25) is 0 Å². The highest BCUT2D eigenvalue weighted by Gasteiger charge is 2.15. The van der Waals surface area contributed by atoms with E-state index in [0.717, 1.165) is 18.8 Å². The normalized spacial score (nSPS) is 19.9. The van der Waals surface area contributed by atoms with Crippen molar-refractivity contribution in [2.45, 2.75) is 25.6 Å². The van der Waals surface area contributed by atoms with E-state index in [1.807, 2.05) is 12.1 Å². The monoisotopic (exact) mass is 221 g/mol. The van der Waals surface area contributed by atoms with Crippen LogP contribution < -0.4 is 5.32 Å². The Kier molecular flexibility index (Phi) is 4.19. The molecule has 1 saturated heterocycles. The molecule has 0 aliphatic carbocycles. The Morgan fingerprint density at radius 3 is 3.06 bits per heavy atom. The van der Waals surface area contributed by atoms with Gasteiger partial charge in [-0.2, -0.15) is 0 Å². The summed E-state index contributed by atoms with van der Waals surface area (Å²) in [5, 5.41) is 3.44. The number of nitrogens with one attached hydrogen (secondary N) is 1. The molecular weight excluding hydrogens is 202 g/mol. The predicted octanol–water partition coefficient (Wildman–Crippen LogP) is 2.42. The minimum Gasteiger partial charge on any atom is -0.382 e. The van der Waals surface area contributed by atoms with Crippen LogP contribution in [0, 0.1) is 0 Å². The van der Waals surface area contributed by atoms with E-state index in [2.05, 4.69) is 17.4 Å². The molecular formula is C13H19NO2. The molecule has 16 heavy (non-hydrogen) atoms. The SMILES string of the molecule is COCc1ccccc1NCC1CCCO1. The molecule has 0 spiro atoms. The Labute approximate surface area is 96.8 Å². The maximum absolute atomic E-state index is 5.58. The van der Waals surface area contributed by atoms with E-state index in [1.54, 1.807) is 7.11 Å². The number of methoxy groups -OCH3 is 1. The van der Waals surface area contributed by atoms with Gasteiger partial charge in [0.2, 0.25) is 0 Å². The smallest absolute Gasteiger partial charge is 0.0748 e. The molecule has 3 heteroatoms. The van der Waals surface area contributed by atoms with Gasteiger partial charge in [0, 0.05) is 31.5 Å². The van der Waals surface area contributed by atoms with Gasteiger partial charge in [-0.15, -0.1) is 0 Å². The third kappa shape index (κ3) is 2.97. The lowest BCUT2D eigenvalue weighted by atomic mass is 10.1. The number of para-hydroxylation sites is 1. The lowest BCUT2D eigenvalue weighted by Crippen LogP contribution is -2.19. The molecule has 0 amide bonds. The van der Waals surface area contributed by atoms with Crippen LogP contribution in [0.5, 0.6) is 0 Å². The van der Waals surface area contributed by atoms with Gasteiger partial charge in [0.25, 0.3) is 0 Å². The molecule has 1 aromatic carbocycles. The summed E-state index contributed by atoms with van der Waals surface area (Å²) in [7, 11) is 1.72. The molecule has 1 fully saturated rings. The first-order valence-corrected chi connectivity index (χ1v) is 5.82. The third-order valence-electron chi connectivity index (χ3n) is 2.86. The Bertz CT molecular complexity index is 321. The van der Waals surface area contributed by atoms with E-state index in [0.29, 0.717) is 12.7 Å². The summed E-state index contributed by atoms with van der Waals surface area (Å²) in [5.74, 6) is 0. The van der Waals surface area contributed by atoms with Crippen molar-refractivity contribution in [3.8, 4) is 0 Å². The second-order valence-electron chi connectivity index (χ2n) is 4.11. The third-order valence-corrected chi connectivity index (χ3v) is 2.86. The van der Waals surface area contributed by atoms with Crippen molar-refractivity contribution in [3.63, 3.8) is 0 Å². The molecule has 1 aromatic rings. The van der Waals surface area contributed by atoms with Crippen LogP contribution in [-0.4, -0.2) is 26.4 Å². The Hall–Kier alpha value is -1.06. The van der Waals surface area contributed by atoms with E-state index in [1.165, 1.54) is 18.4 Å².